The minimum atomic E-state index is -3.58. The first-order valence-electron chi connectivity index (χ1n) is 9.23. The van der Waals surface area contributed by atoms with E-state index < -0.39 is 10.0 Å². The minimum Gasteiger partial charge on any atom is -0.320 e. The van der Waals surface area contributed by atoms with Gasteiger partial charge in [0.05, 0.1) is 16.1 Å². The predicted molar refractivity (Wildman–Crippen MR) is 109 cm³/mol. The number of benzene rings is 2. The number of nitrogens with one attached hydrogen (secondary N) is 1. The summed E-state index contributed by atoms with van der Waals surface area (Å²) >= 11 is 0. The van der Waals surface area contributed by atoms with Gasteiger partial charge in [0.15, 0.2) is 0 Å². The van der Waals surface area contributed by atoms with Crippen LogP contribution in [0.4, 0.5) is 5.69 Å². The summed E-state index contributed by atoms with van der Waals surface area (Å²) < 4.78 is 27.2. The number of pyridine rings is 1. The molecule has 2 aromatic carbocycles. The lowest BCUT2D eigenvalue weighted by molar-refractivity contribution is 0.102. The predicted octanol–water partition coefficient (Wildman–Crippen LogP) is 3.58. The van der Waals surface area contributed by atoms with Crippen molar-refractivity contribution >= 4 is 32.5 Å². The summed E-state index contributed by atoms with van der Waals surface area (Å²) in [5.74, 6) is -0.353. The molecule has 1 fully saturated rings. The third-order valence-electron chi connectivity index (χ3n) is 5.04. The van der Waals surface area contributed by atoms with Gasteiger partial charge in [-0.1, -0.05) is 24.3 Å². The van der Waals surface area contributed by atoms with Gasteiger partial charge in [0.25, 0.3) is 5.91 Å². The molecule has 1 aliphatic rings. The van der Waals surface area contributed by atoms with Gasteiger partial charge in [0.1, 0.15) is 0 Å². The first-order chi connectivity index (χ1) is 13.5. The van der Waals surface area contributed by atoms with Gasteiger partial charge in [-0.25, -0.2) is 8.42 Å². The van der Waals surface area contributed by atoms with Gasteiger partial charge in [-0.15, -0.1) is 0 Å². The van der Waals surface area contributed by atoms with Crippen LogP contribution in [0.3, 0.4) is 0 Å². The molecule has 1 amide bonds. The van der Waals surface area contributed by atoms with Gasteiger partial charge in [-0.3, -0.25) is 9.78 Å². The normalized spacial score (nSPS) is 15.0. The quantitative estimate of drug-likeness (QED) is 0.732. The fraction of sp³-hybridized carbons (Fsp3) is 0.238. The Bertz CT molecular complexity index is 1150. The maximum absolute atomic E-state index is 12.9. The number of nitrogens with zero attached hydrogens (tertiary/aromatic N) is 2. The zero-order valence-electron chi connectivity index (χ0n) is 15.6. The minimum absolute atomic E-state index is 0.154. The van der Waals surface area contributed by atoms with Crippen LogP contribution in [0.5, 0.6) is 0 Å². The monoisotopic (exact) mass is 395 g/mol. The number of aromatic nitrogens is 1. The van der Waals surface area contributed by atoms with E-state index >= 15 is 0 Å². The molecule has 1 aliphatic heterocycles. The third-order valence-corrected chi connectivity index (χ3v) is 6.93. The Balaban J connectivity index is 1.68. The molecule has 0 radical (unpaired) electrons. The van der Waals surface area contributed by atoms with Crippen LogP contribution in [0.1, 0.15) is 28.8 Å². The lowest BCUT2D eigenvalue weighted by atomic mass is 10.1. The van der Waals surface area contributed by atoms with Gasteiger partial charge in [-0.2, -0.15) is 4.31 Å². The number of aryl methyl sites for hydroxylation is 1. The molecule has 0 atom stereocenters. The highest BCUT2D eigenvalue weighted by Crippen LogP contribution is 2.25. The third kappa shape index (κ3) is 3.39. The molecule has 0 spiro atoms. The molecule has 28 heavy (non-hydrogen) atoms. The number of hydrogen-bond donors (Lipinski definition) is 1. The Labute approximate surface area is 164 Å². The van der Waals surface area contributed by atoms with Crippen molar-refractivity contribution < 1.29 is 13.2 Å². The van der Waals surface area contributed by atoms with E-state index in [1.165, 1.54) is 10.4 Å². The van der Waals surface area contributed by atoms with Gasteiger partial charge < -0.3 is 5.32 Å². The van der Waals surface area contributed by atoms with Crippen LogP contribution < -0.4 is 5.32 Å². The molecule has 4 rings (SSSR count). The van der Waals surface area contributed by atoms with E-state index in [1.807, 2.05) is 24.3 Å². The summed E-state index contributed by atoms with van der Waals surface area (Å²) in [6, 6.07) is 14.0. The maximum atomic E-state index is 12.9. The molecule has 144 valence electrons. The summed E-state index contributed by atoms with van der Waals surface area (Å²) in [7, 11) is -3.58. The Morgan fingerprint density at radius 1 is 1.07 bits per heavy atom. The van der Waals surface area contributed by atoms with E-state index in [9.17, 15) is 13.2 Å². The molecule has 1 saturated heterocycles. The molecule has 0 saturated carbocycles. The summed E-state index contributed by atoms with van der Waals surface area (Å²) in [6.07, 6.45) is 3.41. The summed E-state index contributed by atoms with van der Waals surface area (Å²) in [6.45, 7) is 2.85. The number of para-hydroxylation sites is 1. The van der Waals surface area contributed by atoms with Crippen molar-refractivity contribution in [1.29, 1.82) is 0 Å². The van der Waals surface area contributed by atoms with Crippen molar-refractivity contribution in [2.24, 2.45) is 0 Å². The van der Waals surface area contributed by atoms with Crippen LogP contribution in [0.25, 0.3) is 10.9 Å². The topological polar surface area (TPSA) is 79.4 Å². The Morgan fingerprint density at radius 2 is 1.82 bits per heavy atom. The van der Waals surface area contributed by atoms with Crippen LogP contribution in [-0.2, 0) is 10.0 Å². The van der Waals surface area contributed by atoms with E-state index in [4.69, 9.17) is 0 Å². The number of anilines is 1. The summed E-state index contributed by atoms with van der Waals surface area (Å²) in [4.78, 5) is 17.4. The number of rotatable bonds is 4. The molecule has 3 aromatic rings. The molecule has 6 nitrogen and oxygen atoms in total. The number of sulfonamides is 1. The fourth-order valence-corrected chi connectivity index (χ4v) is 5.02. The number of amides is 1. The van der Waals surface area contributed by atoms with E-state index in [-0.39, 0.29) is 10.8 Å². The molecular formula is C21H21N3O3S. The average Bonchev–Trinajstić information content (AvgIpc) is 3.24. The van der Waals surface area contributed by atoms with Crippen LogP contribution in [0, 0.1) is 6.92 Å². The smallest absolute Gasteiger partial charge is 0.256 e. The van der Waals surface area contributed by atoms with Gasteiger partial charge in [0, 0.05) is 30.2 Å². The zero-order chi connectivity index (χ0) is 19.7. The lowest BCUT2D eigenvalue weighted by Crippen LogP contribution is -2.28. The fourth-order valence-electron chi connectivity index (χ4n) is 3.48. The molecule has 7 heteroatoms. The number of fused-ring (bicyclic) bond motifs is 1. The highest BCUT2D eigenvalue weighted by Gasteiger charge is 2.28. The average molecular weight is 395 g/mol. The molecular weight excluding hydrogens is 374 g/mol. The van der Waals surface area contributed by atoms with Crippen molar-refractivity contribution in [3.8, 4) is 0 Å². The molecule has 0 bridgehead atoms. The number of carbonyl (C=O) groups excluding carboxylic acids is 1. The van der Waals surface area contributed by atoms with E-state index in [0.717, 1.165) is 18.2 Å². The molecule has 2 heterocycles. The van der Waals surface area contributed by atoms with Crippen molar-refractivity contribution in [2.45, 2.75) is 24.7 Å². The first kappa shape index (κ1) is 18.6. The Morgan fingerprint density at radius 3 is 2.61 bits per heavy atom. The number of hydrogen-bond acceptors (Lipinski definition) is 4. The standard InChI is InChI=1S/C21H21N3O3S/c1-15-9-10-17(28(26,27)24-12-2-3-13-24)14-18(15)21(25)23-19-8-4-6-16-7-5-11-22-20(16)19/h4-11,14H,2-3,12-13H2,1H3,(H,23,25). The van der Waals surface area contributed by atoms with Crippen LogP contribution in [-0.4, -0.2) is 36.7 Å². The van der Waals surface area contributed by atoms with Crippen LogP contribution in [0.2, 0.25) is 0 Å². The molecule has 0 unspecified atom stereocenters. The second-order valence-corrected chi connectivity index (χ2v) is 8.86. The van der Waals surface area contributed by atoms with E-state index in [1.54, 1.807) is 31.3 Å². The van der Waals surface area contributed by atoms with Crippen molar-refractivity contribution in [1.82, 2.24) is 9.29 Å². The van der Waals surface area contributed by atoms with Crippen molar-refractivity contribution in [3.05, 3.63) is 65.9 Å². The highest BCUT2D eigenvalue weighted by molar-refractivity contribution is 7.89. The zero-order valence-corrected chi connectivity index (χ0v) is 16.4. The highest BCUT2D eigenvalue weighted by atomic mass is 32.2. The van der Waals surface area contributed by atoms with Gasteiger partial charge in [-0.05, 0) is 49.6 Å². The van der Waals surface area contributed by atoms with E-state index in [2.05, 4.69) is 10.3 Å². The van der Waals surface area contributed by atoms with E-state index in [0.29, 0.717) is 35.4 Å². The lowest BCUT2D eigenvalue weighted by Gasteiger charge is -2.17. The summed E-state index contributed by atoms with van der Waals surface area (Å²) in [5, 5.41) is 3.80. The number of carbonyl (C=O) groups is 1. The molecule has 1 aromatic heterocycles. The maximum Gasteiger partial charge on any atom is 0.256 e. The van der Waals surface area contributed by atoms with Crippen LogP contribution in [0.15, 0.2) is 59.6 Å². The van der Waals surface area contributed by atoms with Crippen LogP contribution >= 0.6 is 0 Å². The SMILES string of the molecule is Cc1ccc(S(=O)(=O)N2CCCC2)cc1C(=O)Nc1cccc2cccnc12. The molecule has 1 N–H and O–H groups in total. The second kappa shape index (κ2) is 7.33. The van der Waals surface area contributed by atoms with Crippen molar-refractivity contribution in [3.63, 3.8) is 0 Å². The van der Waals surface area contributed by atoms with Crippen molar-refractivity contribution in [2.75, 3.05) is 18.4 Å². The Kier molecular flexibility index (Phi) is 4.87. The Hall–Kier alpha value is -2.77. The first-order valence-corrected chi connectivity index (χ1v) is 10.7. The largest absolute Gasteiger partial charge is 0.320 e. The van der Waals surface area contributed by atoms with Gasteiger partial charge in [0.2, 0.25) is 10.0 Å². The van der Waals surface area contributed by atoms with Gasteiger partial charge >= 0.3 is 0 Å². The second-order valence-electron chi connectivity index (χ2n) is 6.92. The summed E-state index contributed by atoms with van der Waals surface area (Å²) in [5.41, 5.74) is 2.34. The molecule has 0 aliphatic carbocycles.